The molecule has 0 bridgehead atoms. The van der Waals surface area contributed by atoms with E-state index >= 15 is 0 Å². The quantitative estimate of drug-likeness (QED) is 0.893. The highest BCUT2D eigenvalue weighted by atomic mass is 16.2. The third-order valence-corrected chi connectivity index (χ3v) is 4.59. The molecule has 19 heavy (non-hydrogen) atoms. The minimum atomic E-state index is 0.253. The van der Waals surface area contributed by atoms with Crippen LogP contribution in [-0.4, -0.2) is 35.9 Å². The predicted molar refractivity (Wildman–Crippen MR) is 73.4 cm³/mol. The Balaban J connectivity index is 1.59. The molecule has 1 N–H and O–H groups in total. The molecule has 1 unspecified atom stereocenters. The van der Waals surface area contributed by atoms with Crippen molar-refractivity contribution in [1.82, 2.24) is 15.2 Å². The molecule has 1 saturated carbocycles. The molecule has 1 aliphatic heterocycles. The lowest BCUT2D eigenvalue weighted by atomic mass is 9.91. The highest BCUT2D eigenvalue weighted by Crippen LogP contribution is 2.59. The van der Waals surface area contributed by atoms with Crippen molar-refractivity contribution in [2.45, 2.75) is 25.8 Å². The number of amides is 1. The SMILES string of the molecule is CN(Cc1ccccn1)C(=O)C1CC12CCNCC2. The lowest BCUT2D eigenvalue weighted by molar-refractivity contribution is -0.132. The van der Waals surface area contributed by atoms with Crippen molar-refractivity contribution in [2.75, 3.05) is 20.1 Å². The van der Waals surface area contributed by atoms with Gasteiger partial charge in [0.15, 0.2) is 0 Å². The van der Waals surface area contributed by atoms with Gasteiger partial charge >= 0.3 is 0 Å². The fourth-order valence-corrected chi connectivity index (χ4v) is 3.25. The van der Waals surface area contributed by atoms with Crippen LogP contribution in [0.4, 0.5) is 0 Å². The molecule has 2 heterocycles. The number of nitrogens with one attached hydrogen (secondary N) is 1. The van der Waals surface area contributed by atoms with Crippen LogP contribution in [-0.2, 0) is 11.3 Å². The van der Waals surface area contributed by atoms with Gasteiger partial charge in [-0.3, -0.25) is 9.78 Å². The molecule has 102 valence electrons. The number of hydrogen-bond acceptors (Lipinski definition) is 3. The molecule has 0 aromatic carbocycles. The first-order valence-corrected chi connectivity index (χ1v) is 7.07. The number of rotatable bonds is 3. The molecular weight excluding hydrogens is 238 g/mol. The Hall–Kier alpha value is -1.42. The fraction of sp³-hybridized carbons (Fsp3) is 0.600. The van der Waals surface area contributed by atoms with Crippen LogP contribution >= 0.6 is 0 Å². The van der Waals surface area contributed by atoms with Gasteiger partial charge in [-0.25, -0.2) is 0 Å². The van der Waals surface area contributed by atoms with Crippen LogP contribution in [0.2, 0.25) is 0 Å². The number of aromatic nitrogens is 1. The third-order valence-electron chi connectivity index (χ3n) is 4.59. The number of carbonyl (C=O) groups is 1. The number of hydrogen-bond donors (Lipinski definition) is 1. The molecule has 1 saturated heterocycles. The summed E-state index contributed by atoms with van der Waals surface area (Å²) in [6, 6.07) is 5.83. The molecule has 2 fully saturated rings. The molecule has 4 nitrogen and oxygen atoms in total. The van der Waals surface area contributed by atoms with Gasteiger partial charge in [0.1, 0.15) is 0 Å². The summed E-state index contributed by atoms with van der Waals surface area (Å²) in [5.41, 5.74) is 1.28. The Morgan fingerprint density at radius 3 is 2.95 bits per heavy atom. The zero-order valence-corrected chi connectivity index (χ0v) is 11.4. The zero-order chi connectivity index (χ0) is 13.3. The molecule has 1 atom stereocenters. The topological polar surface area (TPSA) is 45.2 Å². The number of piperidine rings is 1. The average Bonchev–Trinajstić information content (AvgIpc) is 3.13. The summed E-state index contributed by atoms with van der Waals surface area (Å²) >= 11 is 0. The van der Waals surface area contributed by atoms with E-state index < -0.39 is 0 Å². The first-order valence-electron chi connectivity index (χ1n) is 7.07. The smallest absolute Gasteiger partial charge is 0.226 e. The highest BCUT2D eigenvalue weighted by Gasteiger charge is 2.58. The van der Waals surface area contributed by atoms with E-state index in [1.807, 2.05) is 30.1 Å². The monoisotopic (exact) mass is 259 g/mol. The van der Waals surface area contributed by atoms with E-state index in [0.717, 1.165) is 38.0 Å². The van der Waals surface area contributed by atoms with Gasteiger partial charge in [-0.2, -0.15) is 0 Å². The van der Waals surface area contributed by atoms with Crippen molar-refractivity contribution >= 4 is 5.91 Å². The minimum absolute atomic E-state index is 0.253. The Labute approximate surface area is 114 Å². The summed E-state index contributed by atoms with van der Waals surface area (Å²) in [6.45, 7) is 2.74. The fourth-order valence-electron chi connectivity index (χ4n) is 3.25. The average molecular weight is 259 g/mol. The molecule has 1 amide bonds. The lowest BCUT2D eigenvalue weighted by Gasteiger charge is -2.25. The summed E-state index contributed by atoms with van der Waals surface area (Å²) in [5.74, 6) is 0.552. The summed E-state index contributed by atoms with van der Waals surface area (Å²) in [4.78, 5) is 18.6. The Morgan fingerprint density at radius 1 is 1.47 bits per heavy atom. The molecule has 2 aliphatic rings. The Bertz CT molecular complexity index is 454. The summed E-state index contributed by atoms with van der Waals surface area (Å²) in [5, 5.41) is 3.37. The second-order valence-electron chi connectivity index (χ2n) is 5.88. The van der Waals surface area contributed by atoms with Gasteiger partial charge < -0.3 is 10.2 Å². The predicted octanol–water partition coefficient (Wildman–Crippen LogP) is 1.43. The van der Waals surface area contributed by atoms with E-state index in [-0.39, 0.29) is 5.92 Å². The van der Waals surface area contributed by atoms with E-state index in [0.29, 0.717) is 17.9 Å². The van der Waals surface area contributed by atoms with Crippen LogP contribution in [0.1, 0.15) is 25.0 Å². The lowest BCUT2D eigenvalue weighted by Crippen LogP contribution is -2.34. The third kappa shape index (κ3) is 2.50. The second-order valence-corrected chi connectivity index (χ2v) is 5.88. The van der Waals surface area contributed by atoms with Crippen molar-refractivity contribution in [3.05, 3.63) is 30.1 Å². The standard InChI is InChI=1S/C15H21N3O/c1-18(11-12-4-2-3-7-17-12)14(19)13-10-15(13)5-8-16-9-6-15/h2-4,7,13,16H,5-6,8-11H2,1H3. The van der Waals surface area contributed by atoms with Crippen molar-refractivity contribution < 1.29 is 4.79 Å². The maximum absolute atomic E-state index is 12.5. The van der Waals surface area contributed by atoms with Gasteiger partial charge in [0.25, 0.3) is 0 Å². The molecule has 4 heteroatoms. The zero-order valence-electron chi connectivity index (χ0n) is 11.4. The normalized spacial score (nSPS) is 24.2. The summed E-state index contributed by atoms with van der Waals surface area (Å²) in [7, 11) is 1.89. The second kappa shape index (κ2) is 4.93. The molecule has 1 aliphatic carbocycles. The minimum Gasteiger partial charge on any atom is -0.340 e. The van der Waals surface area contributed by atoms with E-state index in [9.17, 15) is 4.79 Å². The van der Waals surface area contributed by atoms with Crippen LogP contribution < -0.4 is 5.32 Å². The van der Waals surface area contributed by atoms with Crippen LogP contribution in [0.25, 0.3) is 0 Å². The summed E-state index contributed by atoms with van der Waals surface area (Å²) in [6.07, 6.45) is 5.17. The van der Waals surface area contributed by atoms with Gasteiger partial charge in [-0.1, -0.05) is 6.07 Å². The number of carbonyl (C=O) groups excluding carboxylic acids is 1. The van der Waals surface area contributed by atoms with E-state index in [4.69, 9.17) is 0 Å². The Morgan fingerprint density at radius 2 is 2.26 bits per heavy atom. The van der Waals surface area contributed by atoms with Gasteiger partial charge in [0.05, 0.1) is 12.2 Å². The van der Waals surface area contributed by atoms with Crippen molar-refractivity contribution in [3.8, 4) is 0 Å². The maximum Gasteiger partial charge on any atom is 0.226 e. The largest absolute Gasteiger partial charge is 0.340 e. The number of pyridine rings is 1. The van der Waals surface area contributed by atoms with E-state index in [1.165, 1.54) is 0 Å². The van der Waals surface area contributed by atoms with Crippen LogP contribution in [0.5, 0.6) is 0 Å². The van der Waals surface area contributed by atoms with Crippen LogP contribution in [0, 0.1) is 11.3 Å². The Kier molecular flexibility index (Phi) is 3.27. The van der Waals surface area contributed by atoms with Crippen molar-refractivity contribution in [1.29, 1.82) is 0 Å². The number of nitrogens with zero attached hydrogens (tertiary/aromatic N) is 2. The molecule has 3 rings (SSSR count). The van der Waals surface area contributed by atoms with E-state index in [2.05, 4.69) is 10.3 Å². The van der Waals surface area contributed by atoms with Gasteiger partial charge in [0, 0.05) is 19.2 Å². The van der Waals surface area contributed by atoms with Crippen LogP contribution in [0.15, 0.2) is 24.4 Å². The van der Waals surface area contributed by atoms with Crippen molar-refractivity contribution in [3.63, 3.8) is 0 Å². The first kappa shape index (κ1) is 12.6. The molecule has 1 aromatic heterocycles. The molecule has 1 spiro atoms. The highest BCUT2D eigenvalue weighted by molar-refractivity contribution is 5.82. The summed E-state index contributed by atoms with van der Waals surface area (Å²) < 4.78 is 0. The van der Waals surface area contributed by atoms with Gasteiger partial charge in [-0.05, 0) is 49.9 Å². The molecule has 1 aromatic rings. The van der Waals surface area contributed by atoms with E-state index in [1.54, 1.807) is 6.20 Å². The van der Waals surface area contributed by atoms with Gasteiger partial charge in [-0.15, -0.1) is 0 Å². The van der Waals surface area contributed by atoms with Crippen molar-refractivity contribution in [2.24, 2.45) is 11.3 Å². The maximum atomic E-state index is 12.5. The van der Waals surface area contributed by atoms with Crippen LogP contribution in [0.3, 0.4) is 0 Å². The van der Waals surface area contributed by atoms with Gasteiger partial charge in [0.2, 0.25) is 5.91 Å². The molecule has 0 radical (unpaired) electrons. The molecular formula is C15H21N3O. The first-order chi connectivity index (χ1) is 9.21.